The van der Waals surface area contributed by atoms with Gasteiger partial charge in [0.2, 0.25) is 0 Å². The van der Waals surface area contributed by atoms with Crippen LogP contribution in [0.25, 0.3) is 0 Å². The second-order valence-corrected chi connectivity index (χ2v) is 6.52. The van der Waals surface area contributed by atoms with Gasteiger partial charge in [-0.3, -0.25) is 14.8 Å². The first-order chi connectivity index (χ1) is 12.8. The van der Waals surface area contributed by atoms with E-state index < -0.39 is 0 Å². The van der Waals surface area contributed by atoms with E-state index in [-0.39, 0.29) is 17.7 Å². The van der Waals surface area contributed by atoms with Gasteiger partial charge in [-0.05, 0) is 36.1 Å². The van der Waals surface area contributed by atoms with Crippen LogP contribution in [0.15, 0.2) is 90.1 Å². The fraction of sp³-hybridized carbons (Fsp3) is 0.174. The Bertz CT molecular complexity index is 905. The number of carbonyl (C=O) groups excluding carboxylic acids is 1. The molecule has 1 aromatic heterocycles. The number of nitrogens with zero attached hydrogens (tertiary/aromatic N) is 2. The van der Waals surface area contributed by atoms with Crippen molar-refractivity contribution in [2.75, 3.05) is 0 Å². The Kier molecular flexibility index (Phi) is 4.69. The monoisotopic (exact) mass is 340 g/mol. The first-order valence-electron chi connectivity index (χ1n) is 8.95. The minimum Gasteiger partial charge on any atom is -0.292 e. The van der Waals surface area contributed by atoms with Crippen molar-refractivity contribution < 1.29 is 4.79 Å². The second kappa shape index (κ2) is 7.44. The normalized spacial score (nSPS) is 17.5. The average molecular weight is 340 g/mol. The van der Waals surface area contributed by atoms with Crippen LogP contribution in [0.2, 0.25) is 0 Å². The van der Waals surface area contributed by atoms with Gasteiger partial charge in [-0.1, -0.05) is 66.7 Å². The lowest BCUT2D eigenvalue weighted by atomic mass is 9.85. The Hall–Kier alpha value is -3.07. The third kappa shape index (κ3) is 3.33. The van der Waals surface area contributed by atoms with Crippen molar-refractivity contribution in [3.8, 4) is 0 Å². The molecular formula is C23H20N2O. The van der Waals surface area contributed by atoms with Gasteiger partial charge < -0.3 is 0 Å². The van der Waals surface area contributed by atoms with E-state index in [0.29, 0.717) is 5.69 Å². The molecule has 0 N–H and O–H groups in total. The number of hydrogen-bond acceptors (Lipinski definition) is 3. The van der Waals surface area contributed by atoms with Crippen molar-refractivity contribution in [1.82, 2.24) is 4.98 Å². The molecule has 1 unspecified atom stereocenters. The van der Waals surface area contributed by atoms with E-state index in [0.717, 1.165) is 29.7 Å². The van der Waals surface area contributed by atoms with Crippen molar-refractivity contribution in [3.63, 3.8) is 0 Å². The molecule has 2 atom stereocenters. The molecule has 128 valence electrons. The Morgan fingerprint density at radius 1 is 0.885 bits per heavy atom. The SMILES string of the molecule is O=C(c1ccccn1)[C@H](c1ccccc1)C1CCC(c2ccccc2)=N1. The van der Waals surface area contributed by atoms with Crippen LogP contribution in [0.5, 0.6) is 0 Å². The number of rotatable bonds is 5. The summed E-state index contributed by atoms with van der Waals surface area (Å²) in [6.45, 7) is 0. The Morgan fingerprint density at radius 2 is 1.58 bits per heavy atom. The topological polar surface area (TPSA) is 42.3 Å². The summed E-state index contributed by atoms with van der Waals surface area (Å²) >= 11 is 0. The predicted octanol–water partition coefficient (Wildman–Crippen LogP) is 4.70. The molecule has 0 saturated carbocycles. The van der Waals surface area contributed by atoms with E-state index in [4.69, 9.17) is 4.99 Å². The summed E-state index contributed by atoms with van der Waals surface area (Å²) in [5.74, 6) is -0.257. The highest BCUT2D eigenvalue weighted by Crippen LogP contribution is 2.33. The van der Waals surface area contributed by atoms with Crippen LogP contribution in [0.1, 0.15) is 40.4 Å². The van der Waals surface area contributed by atoms with Gasteiger partial charge in [0.15, 0.2) is 5.78 Å². The van der Waals surface area contributed by atoms with E-state index in [9.17, 15) is 4.79 Å². The molecule has 2 aromatic carbocycles. The van der Waals surface area contributed by atoms with E-state index in [1.807, 2.05) is 60.7 Å². The third-order valence-corrected chi connectivity index (χ3v) is 4.85. The third-order valence-electron chi connectivity index (χ3n) is 4.85. The number of ketones is 1. The van der Waals surface area contributed by atoms with Gasteiger partial charge in [0.25, 0.3) is 0 Å². The van der Waals surface area contributed by atoms with Crippen LogP contribution in [0.3, 0.4) is 0 Å². The molecule has 0 saturated heterocycles. The van der Waals surface area contributed by atoms with E-state index in [2.05, 4.69) is 17.1 Å². The number of aromatic nitrogens is 1. The number of aliphatic imine (C=N–C) groups is 1. The maximum atomic E-state index is 13.2. The fourth-order valence-corrected chi connectivity index (χ4v) is 3.58. The van der Waals surface area contributed by atoms with Gasteiger partial charge in [0, 0.05) is 11.9 Å². The van der Waals surface area contributed by atoms with Crippen LogP contribution in [-0.4, -0.2) is 22.5 Å². The largest absolute Gasteiger partial charge is 0.292 e. The minimum absolute atomic E-state index is 0.0415. The van der Waals surface area contributed by atoms with Gasteiger partial charge in [-0.15, -0.1) is 0 Å². The number of hydrogen-bond donors (Lipinski definition) is 0. The molecule has 4 rings (SSSR count). The fourth-order valence-electron chi connectivity index (χ4n) is 3.58. The molecule has 0 aliphatic carbocycles. The summed E-state index contributed by atoms with van der Waals surface area (Å²) in [4.78, 5) is 22.5. The molecule has 0 fully saturated rings. The van der Waals surface area contributed by atoms with Crippen molar-refractivity contribution in [3.05, 3.63) is 102 Å². The lowest BCUT2D eigenvalue weighted by molar-refractivity contribution is 0.0942. The molecule has 3 nitrogen and oxygen atoms in total. The van der Waals surface area contributed by atoms with Gasteiger partial charge in [-0.25, -0.2) is 0 Å². The second-order valence-electron chi connectivity index (χ2n) is 6.52. The van der Waals surface area contributed by atoms with Crippen molar-refractivity contribution >= 4 is 11.5 Å². The van der Waals surface area contributed by atoms with Crippen molar-refractivity contribution in [1.29, 1.82) is 0 Å². The summed E-state index contributed by atoms with van der Waals surface area (Å²) < 4.78 is 0. The van der Waals surface area contributed by atoms with E-state index >= 15 is 0 Å². The molecule has 0 spiro atoms. The standard InChI is InChI=1S/C23H20N2O/c26-23(21-13-7-8-16-24-21)22(18-11-5-2-6-12-18)20-15-14-19(25-20)17-9-3-1-4-10-17/h1-13,16,20,22H,14-15H2/t20?,22-/m1/s1. The maximum absolute atomic E-state index is 13.2. The highest BCUT2D eigenvalue weighted by molar-refractivity contribution is 6.04. The van der Waals surface area contributed by atoms with E-state index in [1.54, 1.807) is 12.3 Å². The number of benzene rings is 2. The number of carbonyl (C=O) groups is 1. The quantitative estimate of drug-likeness (QED) is 0.632. The van der Waals surface area contributed by atoms with Crippen LogP contribution in [0, 0.1) is 0 Å². The molecule has 1 aliphatic heterocycles. The predicted molar refractivity (Wildman–Crippen MR) is 104 cm³/mol. The molecule has 0 bridgehead atoms. The summed E-state index contributed by atoms with van der Waals surface area (Å²) in [5, 5.41) is 0. The van der Waals surface area contributed by atoms with Crippen molar-refractivity contribution in [2.45, 2.75) is 24.8 Å². The smallest absolute Gasteiger partial charge is 0.190 e. The maximum Gasteiger partial charge on any atom is 0.190 e. The van der Waals surface area contributed by atoms with Gasteiger partial charge in [0.05, 0.1) is 12.0 Å². The Labute approximate surface area is 153 Å². The zero-order valence-corrected chi connectivity index (χ0v) is 14.5. The van der Waals surface area contributed by atoms with Crippen LogP contribution >= 0.6 is 0 Å². The zero-order valence-electron chi connectivity index (χ0n) is 14.5. The summed E-state index contributed by atoms with van der Waals surface area (Å²) in [7, 11) is 0. The summed E-state index contributed by atoms with van der Waals surface area (Å²) in [5.41, 5.74) is 3.74. The average Bonchev–Trinajstić information content (AvgIpc) is 3.20. The molecular weight excluding hydrogens is 320 g/mol. The molecule has 26 heavy (non-hydrogen) atoms. The molecule has 3 aromatic rings. The zero-order chi connectivity index (χ0) is 17.8. The number of Topliss-reactive ketones (excluding diaryl/α,β-unsaturated/α-hetero) is 1. The highest BCUT2D eigenvalue weighted by atomic mass is 16.1. The van der Waals surface area contributed by atoms with Gasteiger partial charge in [-0.2, -0.15) is 0 Å². The minimum atomic E-state index is -0.299. The summed E-state index contributed by atoms with van der Waals surface area (Å²) in [6, 6.07) is 25.6. The van der Waals surface area contributed by atoms with Crippen molar-refractivity contribution in [2.24, 2.45) is 4.99 Å². The molecule has 2 heterocycles. The first kappa shape index (κ1) is 16.4. The molecule has 0 radical (unpaired) electrons. The van der Waals surface area contributed by atoms with Crippen LogP contribution < -0.4 is 0 Å². The van der Waals surface area contributed by atoms with Crippen LogP contribution in [-0.2, 0) is 0 Å². The molecule has 3 heteroatoms. The van der Waals surface area contributed by atoms with Gasteiger partial charge >= 0.3 is 0 Å². The lowest BCUT2D eigenvalue weighted by Gasteiger charge is -2.20. The molecule has 0 amide bonds. The van der Waals surface area contributed by atoms with Crippen LogP contribution in [0.4, 0.5) is 0 Å². The number of pyridine rings is 1. The molecule has 1 aliphatic rings. The van der Waals surface area contributed by atoms with Gasteiger partial charge in [0.1, 0.15) is 5.69 Å². The highest BCUT2D eigenvalue weighted by Gasteiger charge is 2.34. The summed E-state index contributed by atoms with van der Waals surface area (Å²) in [6.07, 6.45) is 3.44. The Morgan fingerprint density at radius 3 is 2.27 bits per heavy atom. The lowest BCUT2D eigenvalue weighted by Crippen LogP contribution is -2.24. The first-order valence-corrected chi connectivity index (χ1v) is 8.95. The van der Waals surface area contributed by atoms with E-state index in [1.165, 1.54) is 0 Å². The Balaban J connectivity index is 1.70.